The van der Waals surface area contributed by atoms with Gasteiger partial charge >= 0.3 is 5.97 Å². The van der Waals surface area contributed by atoms with E-state index in [-0.39, 0.29) is 0 Å². The molecule has 0 aliphatic carbocycles. The van der Waals surface area contributed by atoms with E-state index in [4.69, 9.17) is 16.2 Å². The van der Waals surface area contributed by atoms with Crippen LogP contribution in [-0.4, -0.2) is 34.1 Å². The number of carbonyl (C=O) groups is 1. The second-order valence-electron chi connectivity index (χ2n) is 3.51. The quantitative estimate of drug-likeness (QED) is 0.309. The van der Waals surface area contributed by atoms with E-state index in [9.17, 15) is 4.79 Å². The molecule has 0 unspecified atom stereocenters. The zero-order valence-electron chi connectivity index (χ0n) is 9.12. The van der Waals surface area contributed by atoms with Crippen LogP contribution in [0.1, 0.15) is 26.7 Å². The molecule has 1 atom stereocenters. The van der Waals surface area contributed by atoms with Gasteiger partial charge in [-0.1, -0.05) is 25.6 Å². The zero-order valence-corrected chi connectivity index (χ0v) is 9.93. The molecule has 0 radical (unpaired) electrons. The number of nitrogens with two attached hydrogens (primary N) is 1. The van der Waals surface area contributed by atoms with Crippen molar-refractivity contribution >= 4 is 22.9 Å². The molecular weight excluding hydrogens is 214 g/mol. The maximum absolute atomic E-state index is 10.4. The van der Waals surface area contributed by atoms with Crippen molar-refractivity contribution in [2.24, 2.45) is 5.73 Å². The van der Waals surface area contributed by atoms with Crippen LogP contribution in [0.15, 0.2) is 0 Å². The molecule has 0 fully saturated rings. The average molecular weight is 233 g/mol. The largest absolute Gasteiger partial charge is 0.480 e. The first-order chi connectivity index (χ1) is 6.93. The molecule has 0 aliphatic heterocycles. The first kappa shape index (κ1) is 14.2. The molecule has 0 aliphatic rings. The monoisotopic (exact) mass is 233 g/mol. The summed E-state index contributed by atoms with van der Waals surface area (Å²) in [5.74, 6) is -0.971. The number of amidine groups is 1. The molecular formula is C9H19N3O2S. The van der Waals surface area contributed by atoms with Crippen molar-refractivity contribution in [1.29, 1.82) is 5.41 Å². The van der Waals surface area contributed by atoms with Gasteiger partial charge in [-0.15, -0.1) is 0 Å². The number of aliphatic carboxylic acids is 1. The molecule has 5 N–H and O–H groups in total. The lowest BCUT2D eigenvalue weighted by atomic mass is 10.2. The van der Waals surface area contributed by atoms with E-state index in [1.807, 2.05) is 13.8 Å². The topological polar surface area (TPSA) is 99.2 Å². The zero-order chi connectivity index (χ0) is 11.8. The third-order valence-corrected chi connectivity index (χ3v) is 2.50. The van der Waals surface area contributed by atoms with Crippen molar-refractivity contribution in [3.05, 3.63) is 0 Å². The summed E-state index contributed by atoms with van der Waals surface area (Å²) in [5, 5.41) is 19.7. The molecule has 0 amide bonds. The Morgan fingerprint density at radius 1 is 1.60 bits per heavy atom. The molecule has 0 heterocycles. The third-order valence-electron chi connectivity index (χ3n) is 1.65. The highest BCUT2D eigenvalue weighted by Crippen LogP contribution is 2.08. The van der Waals surface area contributed by atoms with Gasteiger partial charge in [0.2, 0.25) is 0 Å². The fraction of sp³-hybridized carbons (Fsp3) is 0.778. The maximum atomic E-state index is 10.4. The number of hydrogen-bond acceptors (Lipinski definition) is 4. The minimum Gasteiger partial charge on any atom is -0.480 e. The van der Waals surface area contributed by atoms with Crippen molar-refractivity contribution in [3.63, 3.8) is 0 Å². The van der Waals surface area contributed by atoms with E-state index >= 15 is 0 Å². The summed E-state index contributed by atoms with van der Waals surface area (Å²) in [6.07, 6.45) is 1.09. The van der Waals surface area contributed by atoms with Crippen molar-refractivity contribution in [3.8, 4) is 0 Å². The van der Waals surface area contributed by atoms with Gasteiger partial charge in [0.05, 0.1) is 0 Å². The van der Waals surface area contributed by atoms with Gasteiger partial charge < -0.3 is 16.2 Å². The smallest absolute Gasteiger partial charge is 0.320 e. The highest BCUT2D eigenvalue weighted by atomic mass is 32.2. The van der Waals surface area contributed by atoms with Crippen LogP contribution in [0, 0.1) is 5.41 Å². The van der Waals surface area contributed by atoms with Crippen molar-refractivity contribution in [2.75, 3.05) is 6.54 Å². The van der Waals surface area contributed by atoms with Crippen LogP contribution in [0.2, 0.25) is 0 Å². The van der Waals surface area contributed by atoms with Gasteiger partial charge in [-0.05, 0) is 12.8 Å². The molecule has 0 saturated carbocycles. The van der Waals surface area contributed by atoms with Crippen LogP contribution < -0.4 is 11.1 Å². The Morgan fingerprint density at radius 3 is 2.67 bits per heavy atom. The molecule has 0 saturated heterocycles. The molecule has 0 aromatic heterocycles. The van der Waals surface area contributed by atoms with Gasteiger partial charge in [0.1, 0.15) is 6.04 Å². The Balaban J connectivity index is 3.46. The lowest BCUT2D eigenvalue weighted by molar-refractivity contribution is -0.138. The maximum Gasteiger partial charge on any atom is 0.320 e. The predicted octanol–water partition coefficient (Wildman–Crippen LogP) is 0.844. The van der Waals surface area contributed by atoms with Crippen molar-refractivity contribution < 1.29 is 9.90 Å². The Labute approximate surface area is 94.3 Å². The summed E-state index contributed by atoms with van der Waals surface area (Å²) in [4.78, 5) is 10.4. The SMILES string of the molecule is CC(C)SC(=N)NCCC[C@@H](N)C(=O)O. The number of hydrogen-bond donors (Lipinski definition) is 4. The van der Waals surface area contributed by atoms with Crippen LogP contribution in [0.25, 0.3) is 0 Å². The summed E-state index contributed by atoms with van der Waals surface area (Å²) in [6.45, 7) is 4.63. The highest BCUT2D eigenvalue weighted by molar-refractivity contribution is 8.14. The number of thioether (sulfide) groups is 1. The molecule has 5 nitrogen and oxygen atoms in total. The van der Waals surface area contributed by atoms with Gasteiger partial charge in [-0.25, -0.2) is 0 Å². The Kier molecular flexibility index (Phi) is 7.15. The Morgan fingerprint density at radius 2 is 2.20 bits per heavy atom. The first-order valence-electron chi connectivity index (χ1n) is 4.91. The minimum absolute atomic E-state index is 0.381. The second-order valence-corrected chi connectivity index (χ2v) is 5.10. The summed E-state index contributed by atoms with van der Waals surface area (Å²) in [6, 6.07) is -0.793. The Bertz CT molecular complexity index is 221. The molecule has 6 heteroatoms. The van der Waals surface area contributed by atoms with Crippen molar-refractivity contribution in [2.45, 2.75) is 38.0 Å². The van der Waals surface area contributed by atoms with E-state index in [1.165, 1.54) is 11.8 Å². The minimum atomic E-state index is -0.971. The van der Waals surface area contributed by atoms with Gasteiger partial charge in [0.25, 0.3) is 0 Å². The summed E-state index contributed by atoms with van der Waals surface area (Å²) in [5.41, 5.74) is 5.33. The highest BCUT2D eigenvalue weighted by Gasteiger charge is 2.10. The van der Waals surface area contributed by atoms with Gasteiger partial charge in [-0.3, -0.25) is 10.2 Å². The van der Waals surface area contributed by atoms with Crippen LogP contribution in [0.3, 0.4) is 0 Å². The summed E-state index contributed by atoms with van der Waals surface area (Å²) >= 11 is 1.44. The molecule has 0 rings (SSSR count). The fourth-order valence-corrected chi connectivity index (χ4v) is 1.58. The lowest BCUT2D eigenvalue weighted by Gasteiger charge is -2.10. The van der Waals surface area contributed by atoms with Gasteiger partial charge in [-0.2, -0.15) is 0 Å². The van der Waals surface area contributed by atoms with Gasteiger partial charge in [0.15, 0.2) is 5.17 Å². The Hall–Kier alpha value is -0.750. The lowest BCUT2D eigenvalue weighted by Crippen LogP contribution is -2.31. The van der Waals surface area contributed by atoms with E-state index in [1.54, 1.807) is 0 Å². The van der Waals surface area contributed by atoms with E-state index in [0.29, 0.717) is 29.8 Å². The van der Waals surface area contributed by atoms with E-state index in [2.05, 4.69) is 5.32 Å². The molecule has 88 valence electrons. The van der Waals surface area contributed by atoms with Gasteiger partial charge in [0, 0.05) is 11.8 Å². The van der Waals surface area contributed by atoms with Crippen LogP contribution in [0.4, 0.5) is 0 Å². The predicted molar refractivity (Wildman–Crippen MR) is 63.3 cm³/mol. The normalized spacial score (nSPS) is 12.5. The molecule has 0 spiro atoms. The average Bonchev–Trinajstić information content (AvgIpc) is 2.10. The summed E-state index contributed by atoms with van der Waals surface area (Å²) < 4.78 is 0. The number of rotatable bonds is 6. The van der Waals surface area contributed by atoms with Crippen LogP contribution in [0.5, 0.6) is 0 Å². The molecule has 15 heavy (non-hydrogen) atoms. The van der Waals surface area contributed by atoms with E-state index in [0.717, 1.165) is 0 Å². The van der Waals surface area contributed by atoms with E-state index < -0.39 is 12.0 Å². The van der Waals surface area contributed by atoms with Crippen LogP contribution in [-0.2, 0) is 4.79 Å². The van der Waals surface area contributed by atoms with Crippen LogP contribution >= 0.6 is 11.8 Å². The number of nitrogens with one attached hydrogen (secondary N) is 2. The second kappa shape index (κ2) is 7.53. The fourth-order valence-electron chi connectivity index (χ4n) is 0.925. The standard InChI is InChI=1S/C9H19N3O2S/c1-6(2)15-9(11)12-5-3-4-7(10)8(13)14/h6-7H,3-5,10H2,1-2H3,(H2,11,12)(H,13,14)/t7-/m1/s1. The molecule has 0 aromatic rings. The number of carboxylic acid groups (broad SMARTS) is 1. The third kappa shape index (κ3) is 8.26. The van der Waals surface area contributed by atoms with Crippen molar-refractivity contribution in [1.82, 2.24) is 5.32 Å². The number of carboxylic acids is 1. The summed E-state index contributed by atoms with van der Waals surface area (Å²) in [7, 11) is 0. The first-order valence-corrected chi connectivity index (χ1v) is 5.79. The molecule has 0 aromatic carbocycles. The molecule has 0 bridgehead atoms.